The topological polar surface area (TPSA) is 53.6 Å². The lowest BCUT2D eigenvalue weighted by Gasteiger charge is -2.37. The first-order valence-electron chi connectivity index (χ1n) is 9.26. The van der Waals surface area contributed by atoms with Gasteiger partial charge in [-0.15, -0.1) is 11.3 Å². The van der Waals surface area contributed by atoms with Crippen molar-refractivity contribution in [3.8, 4) is 0 Å². The molecule has 2 aromatic rings. The summed E-state index contributed by atoms with van der Waals surface area (Å²) in [5.74, 6) is 1.89. The third-order valence-corrected chi connectivity index (χ3v) is 6.34. The van der Waals surface area contributed by atoms with Crippen molar-refractivity contribution in [1.29, 1.82) is 0 Å². The lowest BCUT2D eigenvalue weighted by atomic mass is 10.1. The summed E-state index contributed by atoms with van der Waals surface area (Å²) < 4.78 is 5.82. The first kappa shape index (κ1) is 20.0. The highest BCUT2D eigenvalue weighted by atomic mass is 32.2. The molecule has 3 rings (SSSR count). The van der Waals surface area contributed by atoms with E-state index < -0.39 is 0 Å². The van der Waals surface area contributed by atoms with E-state index in [4.69, 9.17) is 4.74 Å². The van der Waals surface area contributed by atoms with Gasteiger partial charge in [-0.25, -0.2) is 4.79 Å². The molecule has 1 aromatic heterocycles. The fraction of sp³-hybridized carbons (Fsp3) is 0.450. The molecule has 0 spiro atoms. The van der Waals surface area contributed by atoms with Gasteiger partial charge in [-0.05, 0) is 37.4 Å². The Morgan fingerprint density at radius 2 is 2.00 bits per heavy atom. The van der Waals surface area contributed by atoms with Crippen LogP contribution in [-0.2, 0) is 10.5 Å². The van der Waals surface area contributed by atoms with Crippen molar-refractivity contribution in [2.45, 2.75) is 31.8 Å². The van der Waals surface area contributed by atoms with E-state index in [1.807, 2.05) is 30.0 Å². The molecule has 5 nitrogen and oxygen atoms in total. The summed E-state index contributed by atoms with van der Waals surface area (Å²) in [6.07, 6.45) is 0.354. The molecule has 0 aliphatic carbocycles. The van der Waals surface area contributed by atoms with Crippen LogP contribution in [0, 0.1) is 0 Å². The number of thiophene rings is 1. The maximum absolute atomic E-state index is 12.3. The van der Waals surface area contributed by atoms with Gasteiger partial charge in [-0.1, -0.05) is 18.2 Å². The Kier molecular flexibility index (Phi) is 7.43. The normalized spacial score (nSPS) is 19.7. The molecule has 0 bridgehead atoms. The van der Waals surface area contributed by atoms with Crippen molar-refractivity contribution in [2.24, 2.45) is 0 Å². The van der Waals surface area contributed by atoms with E-state index in [0.717, 1.165) is 36.0 Å². The Hall–Kier alpha value is -1.70. The lowest BCUT2D eigenvalue weighted by Crippen LogP contribution is -2.45. The Labute approximate surface area is 169 Å². The van der Waals surface area contributed by atoms with Gasteiger partial charge in [0, 0.05) is 36.0 Å². The largest absolute Gasteiger partial charge is 0.372 e. The predicted octanol–water partition coefficient (Wildman–Crippen LogP) is 4.42. The Morgan fingerprint density at radius 3 is 2.74 bits per heavy atom. The zero-order valence-electron chi connectivity index (χ0n) is 15.8. The molecule has 1 fully saturated rings. The monoisotopic (exact) mass is 405 g/mol. The first-order chi connectivity index (χ1) is 13.1. The fourth-order valence-electron chi connectivity index (χ4n) is 3.20. The van der Waals surface area contributed by atoms with Crippen molar-refractivity contribution in [2.75, 3.05) is 35.6 Å². The summed E-state index contributed by atoms with van der Waals surface area (Å²) in [4.78, 5) is 15.9. The fourth-order valence-corrected chi connectivity index (χ4v) is 4.90. The van der Waals surface area contributed by atoms with Crippen LogP contribution in [0.4, 0.5) is 16.2 Å². The van der Waals surface area contributed by atoms with Crippen LogP contribution in [-0.4, -0.2) is 43.6 Å². The number of hydrogen-bond acceptors (Lipinski definition) is 5. The van der Waals surface area contributed by atoms with E-state index in [-0.39, 0.29) is 18.2 Å². The van der Waals surface area contributed by atoms with E-state index in [0.29, 0.717) is 6.54 Å². The number of carbonyl (C=O) groups excluding carboxylic acids is 1. The van der Waals surface area contributed by atoms with Crippen LogP contribution in [0.5, 0.6) is 0 Å². The molecular weight excluding hydrogens is 378 g/mol. The Morgan fingerprint density at radius 1 is 1.22 bits per heavy atom. The summed E-state index contributed by atoms with van der Waals surface area (Å²) in [5, 5.41) is 8.04. The smallest absolute Gasteiger partial charge is 0.319 e. The van der Waals surface area contributed by atoms with Gasteiger partial charge in [0.1, 0.15) is 0 Å². The van der Waals surface area contributed by atoms with Crippen LogP contribution < -0.4 is 15.5 Å². The number of nitrogens with zero attached hydrogens (tertiary/aromatic N) is 1. The standard InChI is InChI=1S/C20H27N3O2S2/c1-15-12-23(13-16(2)25-15)19-8-4-3-7-18(19)22-20(24)21-9-11-26-14-17-6-5-10-27-17/h3-8,10,15-16H,9,11-14H2,1-2H3,(H2,21,22,24)/t15-,16-/m1/s1. The maximum Gasteiger partial charge on any atom is 0.319 e. The minimum Gasteiger partial charge on any atom is -0.372 e. The van der Waals surface area contributed by atoms with Gasteiger partial charge >= 0.3 is 6.03 Å². The van der Waals surface area contributed by atoms with E-state index >= 15 is 0 Å². The molecule has 7 heteroatoms. The van der Waals surface area contributed by atoms with Crippen LogP contribution in [0.15, 0.2) is 41.8 Å². The van der Waals surface area contributed by atoms with Crippen molar-refractivity contribution in [3.05, 3.63) is 46.7 Å². The second kappa shape index (κ2) is 10.0. The molecule has 0 radical (unpaired) electrons. The van der Waals surface area contributed by atoms with Crippen molar-refractivity contribution in [3.63, 3.8) is 0 Å². The maximum atomic E-state index is 12.3. The van der Waals surface area contributed by atoms with Crippen molar-refractivity contribution < 1.29 is 9.53 Å². The molecule has 0 unspecified atom stereocenters. The minimum absolute atomic E-state index is 0.159. The van der Waals surface area contributed by atoms with Gasteiger partial charge in [-0.2, -0.15) is 11.8 Å². The molecule has 27 heavy (non-hydrogen) atoms. The van der Waals surface area contributed by atoms with E-state index in [9.17, 15) is 4.79 Å². The van der Waals surface area contributed by atoms with Crippen LogP contribution in [0.25, 0.3) is 0 Å². The van der Waals surface area contributed by atoms with Gasteiger partial charge < -0.3 is 20.3 Å². The average molecular weight is 406 g/mol. The highest BCUT2D eigenvalue weighted by Crippen LogP contribution is 2.28. The zero-order chi connectivity index (χ0) is 19.1. The van der Waals surface area contributed by atoms with Crippen LogP contribution in [0.1, 0.15) is 18.7 Å². The highest BCUT2D eigenvalue weighted by molar-refractivity contribution is 7.98. The number of ether oxygens (including phenoxy) is 1. The summed E-state index contributed by atoms with van der Waals surface area (Å²) in [6.45, 7) is 6.46. The third-order valence-electron chi connectivity index (χ3n) is 4.27. The van der Waals surface area contributed by atoms with E-state index in [1.165, 1.54) is 4.88 Å². The molecule has 2 amide bonds. The van der Waals surface area contributed by atoms with Gasteiger partial charge in [0.15, 0.2) is 0 Å². The van der Waals surface area contributed by atoms with Crippen molar-refractivity contribution >= 4 is 40.5 Å². The number of morpholine rings is 1. The number of hydrogen-bond donors (Lipinski definition) is 2. The molecule has 146 valence electrons. The second-order valence-corrected chi connectivity index (χ2v) is 8.83. The number of amides is 2. The minimum atomic E-state index is -0.159. The number of anilines is 2. The molecule has 1 aliphatic rings. The van der Waals surface area contributed by atoms with Gasteiger partial charge in [0.25, 0.3) is 0 Å². The number of rotatable bonds is 7. The Bertz CT molecular complexity index is 714. The second-order valence-electron chi connectivity index (χ2n) is 6.69. The molecule has 2 N–H and O–H groups in total. The van der Waals surface area contributed by atoms with Gasteiger partial charge in [-0.3, -0.25) is 0 Å². The SMILES string of the molecule is C[C@@H]1CN(c2ccccc2NC(=O)NCCSCc2cccs2)C[C@@H](C)O1. The lowest BCUT2D eigenvalue weighted by molar-refractivity contribution is -0.00517. The third kappa shape index (κ3) is 6.16. The number of carbonyl (C=O) groups is 1. The quantitative estimate of drug-likeness (QED) is 0.670. The van der Waals surface area contributed by atoms with Crippen molar-refractivity contribution in [1.82, 2.24) is 5.32 Å². The zero-order valence-corrected chi connectivity index (χ0v) is 17.4. The first-order valence-corrected chi connectivity index (χ1v) is 11.3. The van der Waals surface area contributed by atoms with E-state index in [1.54, 1.807) is 11.3 Å². The summed E-state index contributed by atoms with van der Waals surface area (Å²) in [5.41, 5.74) is 1.88. The summed E-state index contributed by atoms with van der Waals surface area (Å²) in [7, 11) is 0. The number of urea groups is 1. The number of benzene rings is 1. The molecule has 0 saturated carbocycles. The summed E-state index contributed by atoms with van der Waals surface area (Å²) in [6, 6.07) is 12.0. The van der Waals surface area contributed by atoms with Crippen LogP contribution in [0.3, 0.4) is 0 Å². The number of para-hydroxylation sites is 2. The molecular formula is C20H27N3O2S2. The van der Waals surface area contributed by atoms with Gasteiger partial charge in [0.05, 0.1) is 23.6 Å². The molecule has 1 aromatic carbocycles. The predicted molar refractivity (Wildman–Crippen MR) is 116 cm³/mol. The molecule has 1 saturated heterocycles. The molecule has 1 aliphatic heterocycles. The van der Waals surface area contributed by atoms with Crippen LogP contribution >= 0.6 is 23.1 Å². The molecule has 2 heterocycles. The highest BCUT2D eigenvalue weighted by Gasteiger charge is 2.24. The van der Waals surface area contributed by atoms with E-state index in [2.05, 4.69) is 53.0 Å². The number of thioether (sulfide) groups is 1. The van der Waals surface area contributed by atoms with Gasteiger partial charge in [0.2, 0.25) is 0 Å². The average Bonchev–Trinajstić information content (AvgIpc) is 3.14. The summed E-state index contributed by atoms with van der Waals surface area (Å²) >= 11 is 3.60. The molecule has 2 atom stereocenters. The number of nitrogens with one attached hydrogen (secondary N) is 2. The Balaban J connectivity index is 1.47. The van der Waals surface area contributed by atoms with Crippen LogP contribution in [0.2, 0.25) is 0 Å².